The molecule has 2 heterocycles. The quantitative estimate of drug-likeness (QED) is 0.700. The summed E-state index contributed by atoms with van der Waals surface area (Å²) in [5.74, 6) is -1.40. The van der Waals surface area contributed by atoms with Crippen molar-refractivity contribution in [2.45, 2.75) is 90.2 Å². The van der Waals surface area contributed by atoms with E-state index in [1.807, 2.05) is 5.06 Å². The lowest BCUT2D eigenvalue weighted by molar-refractivity contribution is -0.331. The summed E-state index contributed by atoms with van der Waals surface area (Å²) in [7, 11) is 0. The first-order valence-corrected chi connectivity index (χ1v) is 9.02. The summed E-state index contributed by atoms with van der Waals surface area (Å²) < 4.78 is 17.4. The Bertz CT molecular complexity index is 504. The Morgan fingerprint density at radius 1 is 1.08 bits per heavy atom. The van der Waals surface area contributed by atoms with Crippen LogP contribution in [0, 0.1) is 0 Å². The number of piperidine rings is 1. The van der Waals surface area contributed by atoms with Gasteiger partial charge in [-0.2, -0.15) is 0 Å². The van der Waals surface area contributed by atoms with Gasteiger partial charge in [0, 0.05) is 26.7 Å². The van der Waals surface area contributed by atoms with Gasteiger partial charge >= 0.3 is 11.9 Å². The van der Waals surface area contributed by atoms with Crippen LogP contribution in [-0.4, -0.2) is 53.2 Å². The highest BCUT2D eigenvalue weighted by atomic mass is 16.8. The SMILES string of the molecule is CCC1(C)CC2(CC(C)(CC)N1OC(C)=O)OCC(COC(C)=O)O2. The molecule has 2 fully saturated rings. The first kappa shape index (κ1) is 20.1. The van der Waals surface area contributed by atoms with E-state index in [0.717, 1.165) is 12.8 Å². The van der Waals surface area contributed by atoms with Crippen LogP contribution < -0.4 is 0 Å². The average Bonchev–Trinajstić information content (AvgIpc) is 2.91. The van der Waals surface area contributed by atoms with Gasteiger partial charge in [0.2, 0.25) is 0 Å². The van der Waals surface area contributed by atoms with Gasteiger partial charge in [0.15, 0.2) is 5.79 Å². The molecule has 144 valence electrons. The Labute approximate surface area is 149 Å². The third-order valence-electron chi connectivity index (χ3n) is 5.41. The monoisotopic (exact) mass is 357 g/mol. The Balaban J connectivity index is 2.24. The number of rotatable bonds is 5. The lowest BCUT2D eigenvalue weighted by atomic mass is 9.74. The fourth-order valence-corrected chi connectivity index (χ4v) is 4.00. The maximum Gasteiger partial charge on any atom is 0.322 e. The first-order chi connectivity index (χ1) is 11.6. The molecule has 0 aliphatic carbocycles. The molecule has 0 saturated carbocycles. The van der Waals surface area contributed by atoms with Gasteiger partial charge < -0.3 is 19.0 Å². The van der Waals surface area contributed by atoms with Gasteiger partial charge in [-0.05, 0) is 26.7 Å². The van der Waals surface area contributed by atoms with Crippen molar-refractivity contribution in [1.29, 1.82) is 0 Å². The van der Waals surface area contributed by atoms with Crippen molar-refractivity contribution >= 4 is 11.9 Å². The zero-order chi connectivity index (χ0) is 18.9. The molecule has 0 aromatic heterocycles. The number of carbonyl (C=O) groups is 2. The Morgan fingerprint density at radius 2 is 1.64 bits per heavy atom. The molecule has 1 spiro atoms. The number of hydroxylamine groups is 2. The number of ether oxygens (including phenoxy) is 3. The third kappa shape index (κ3) is 4.15. The van der Waals surface area contributed by atoms with Crippen LogP contribution >= 0.6 is 0 Å². The van der Waals surface area contributed by atoms with Gasteiger partial charge in [-0.1, -0.05) is 13.8 Å². The molecule has 3 atom stereocenters. The molecule has 0 N–H and O–H groups in total. The molecule has 7 nitrogen and oxygen atoms in total. The summed E-state index contributed by atoms with van der Waals surface area (Å²) >= 11 is 0. The van der Waals surface area contributed by atoms with E-state index >= 15 is 0 Å². The normalized spacial score (nSPS) is 38.7. The second-order valence-electron chi connectivity index (χ2n) is 7.70. The summed E-state index contributed by atoms with van der Waals surface area (Å²) in [6, 6.07) is 0. The van der Waals surface area contributed by atoms with E-state index in [1.54, 1.807) is 0 Å². The molecule has 0 radical (unpaired) electrons. The van der Waals surface area contributed by atoms with Gasteiger partial charge in [0.05, 0.1) is 17.7 Å². The second-order valence-corrected chi connectivity index (χ2v) is 7.70. The highest BCUT2D eigenvalue weighted by Crippen LogP contribution is 2.50. The zero-order valence-corrected chi connectivity index (χ0v) is 16.2. The van der Waals surface area contributed by atoms with Crippen molar-refractivity contribution in [2.24, 2.45) is 0 Å². The molecule has 0 aromatic carbocycles. The maximum absolute atomic E-state index is 11.7. The summed E-state index contributed by atoms with van der Waals surface area (Å²) in [5.41, 5.74) is -0.823. The molecule has 0 amide bonds. The van der Waals surface area contributed by atoms with Crippen LogP contribution in [0.4, 0.5) is 0 Å². The molecular weight excluding hydrogens is 326 g/mol. The number of carbonyl (C=O) groups excluding carboxylic acids is 2. The largest absolute Gasteiger partial charge is 0.463 e. The number of nitrogens with zero attached hydrogens (tertiary/aromatic N) is 1. The van der Waals surface area contributed by atoms with Crippen LogP contribution in [-0.2, 0) is 28.6 Å². The number of esters is 1. The van der Waals surface area contributed by atoms with Crippen molar-refractivity contribution in [3.63, 3.8) is 0 Å². The van der Waals surface area contributed by atoms with Crippen LogP contribution in [0.2, 0.25) is 0 Å². The zero-order valence-electron chi connectivity index (χ0n) is 16.2. The van der Waals surface area contributed by atoms with Crippen LogP contribution in [0.15, 0.2) is 0 Å². The van der Waals surface area contributed by atoms with Gasteiger partial charge in [0.1, 0.15) is 12.7 Å². The van der Waals surface area contributed by atoms with Crippen LogP contribution in [0.1, 0.15) is 67.2 Å². The Hall–Kier alpha value is -1.18. The molecule has 3 unspecified atom stereocenters. The summed E-state index contributed by atoms with van der Waals surface area (Å²) in [6.07, 6.45) is 2.44. The molecule has 0 aromatic rings. The lowest BCUT2D eigenvalue weighted by Gasteiger charge is -2.57. The molecule has 7 heteroatoms. The van der Waals surface area contributed by atoms with E-state index in [1.165, 1.54) is 13.8 Å². The highest BCUT2D eigenvalue weighted by molar-refractivity contribution is 5.66. The van der Waals surface area contributed by atoms with E-state index in [2.05, 4.69) is 27.7 Å². The maximum atomic E-state index is 11.7. The summed E-state index contributed by atoms with van der Waals surface area (Å²) in [6.45, 7) is 11.7. The predicted molar refractivity (Wildman–Crippen MR) is 90.4 cm³/mol. The lowest BCUT2D eigenvalue weighted by Crippen LogP contribution is -2.67. The van der Waals surface area contributed by atoms with Crippen molar-refractivity contribution < 1.29 is 28.6 Å². The minimum Gasteiger partial charge on any atom is -0.463 e. The van der Waals surface area contributed by atoms with Crippen LogP contribution in [0.5, 0.6) is 0 Å². The molecule has 2 aliphatic rings. The minimum absolute atomic E-state index is 0.191. The first-order valence-electron chi connectivity index (χ1n) is 9.02. The molecule has 2 rings (SSSR count). The molecule has 2 aliphatic heterocycles. The predicted octanol–water partition coefficient (Wildman–Crippen LogP) is 2.57. The van der Waals surface area contributed by atoms with Crippen LogP contribution in [0.25, 0.3) is 0 Å². The van der Waals surface area contributed by atoms with Gasteiger partial charge in [0.25, 0.3) is 0 Å². The number of hydrogen-bond acceptors (Lipinski definition) is 7. The number of hydrogen-bond donors (Lipinski definition) is 0. The van der Waals surface area contributed by atoms with E-state index in [4.69, 9.17) is 19.0 Å². The minimum atomic E-state index is -0.753. The Morgan fingerprint density at radius 3 is 2.08 bits per heavy atom. The Kier molecular flexibility index (Phi) is 5.81. The van der Waals surface area contributed by atoms with Crippen molar-refractivity contribution in [1.82, 2.24) is 5.06 Å². The fourth-order valence-electron chi connectivity index (χ4n) is 4.00. The van der Waals surface area contributed by atoms with E-state index < -0.39 is 16.9 Å². The standard InChI is InChI=1S/C18H31NO6/c1-7-16(5)11-18(23-10-15(24-18)9-22-13(3)20)12-17(6,8-2)19(16)25-14(4)21/h15H,7-12H2,1-6H3. The molecule has 0 bridgehead atoms. The highest BCUT2D eigenvalue weighted by Gasteiger charge is 2.60. The summed E-state index contributed by atoms with van der Waals surface area (Å²) in [5, 5.41) is 1.85. The fraction of sp³-hybridized carbons (Fsp3) is 0.889. The topological polar surface area (TPSA) is 74.3 Å². The van der Waals surface area contributed by atoms with Crippen molar-refractivity contribution in [3.05, 3.63) is 0 Å². The van der Waals surface area contributed by atoms with E-state index in [9.17, 15) is 9.59 Å². The van der Waals surface area contributed by atoms with E-state index in [-0.39, 0.29) is 24.6 Å². The average molecular weight is 357 g/mol. The second kappa shape index (κ2) is 7.21. The third-order valence-corrected chi connectivity index (χ3v) is 5.41. The van der Waals surface area contributed by atoms with Crippen molar-refractivity contribution in [2.75, 3.05) is 13.2 Å². The molecule has 2 saturated heterocycles. The van der Waals surface area contributed by atoms with Gasteiger partial charge in [-0.25, -0.2) is 0 Å². The van der Waals surface area contributed by atoms with Gasteiger partial charge in [-0.3, -0.25) is 9.59 Å². The summed E-state index contributed by atoms with van der Waals surface area (Å²) in [4.78, 5) is 28.3. The van der Waals surface area contributed by atoms with E-state index in [0.29, 0.717) is 19.4 Å². The van der Waals surface area contributed by atoms with Gasteiger partial charge in [-0.15, -0.1) is 5.06 Å². The smallest absolute Gasteiger partial charge is 0.322 e. The van der Waals surface area contributed by atoms with Crippen molar-refractivity contribution in [3.8, 4) is 0 Å². The van der Waals surface area contributed by atoms with Crippen LogP contribution in [0.3, 0.4) is 0 Å². The molecule has 25 heavy (non-hydrogen) atoms. The molecular formula is C18H31NO6.